The molecular formula is C11H18N4O3S. The number of sulfone groups is 1. The number of anilines is 1. The summed E-state index contributed by atoms with van der Waals surface area (Å²) in [5.74, 6) is -0.674. The van der Waals surface area contributed by atoms with E-state index >= 15 is 0 Å². The molecule has 0 aromatic carbocycles. The first-order valence-corrected chi connectivity index (χ1v) is 8.07. The standard InChI is InChI=1S/C11H18N4O3S/c1-19(17,18)8-4-2-3-7(5-8)15-6-9(12)10(14-15)11(13)16/h6-8H,2-5,12H2,1H3,(H2,13,16). The number of nitrogens with two attached hydrogens (primary N) is 2. The van der Waals surface area contributed by atoms with Crippen LogP contribution in [0.15, 0.2) is 6.20 Å². The molecule has 8 heteroatoms. The van der Waals surface area contributed by atoms with Gasteiger partial charge in [0.2, 0.25) is 0 Å². The second kappa shape index (κ2) is 4.84. The van der Waals surface area contributed by atoms with E-state index in [1.807, 2.05) is 0 Å². The average Bonchev–Trinajstić information content (AvgIpc) is 2.70. The Morgan fingerprint density at radius 2 is 2.16 bits per heavy atom. The lowest BCUT2D eigenvalue weighted by atomic mass is 9.95. The van der Waals surface area contributed by atoms with Gasteiger partial charge in [-0.3, -0.25) is 9.48 Å². The van der Waals surface area contributed by atoms with Crippen LogP contribution in [-0.2, 0) is 9.84 Å². The summed E-state index contributed by atoms with van der Waals surface area (Å²) in [5, 5.41) is 3.72. The van der Waals surface area contributed by atoms with Gasteiger partial charge in [-0.15, -0.1) is 0 Å². The van der Waals surface area contributed by atoms with Gasteiger partial charge < -0.3 is 11.5 Å². The van der Waals surface area contributed by atoms with E-state index < -0.39 is 15.7 Å². The lowest BCUT2D eigenvalue weighted by molar-refractivity contribution is 0.0995. The number of amides is 1. The first-order valence-electron chi connectivity index (χ1n) is 6.12. The summed E-state index contributed by atoms with van der Waals surface area (Å²) in [4.78, 5) is 11.1. The second-order valence-electron chi connectivity index (χ2n) is 5.05. The van der Waals surface area contributed by atoms with Gasteiger partial charge in [-0.2, -0.15) is 5.10 Å². The highest BCUT2D eigenvalue weighted by Crippen LogP contribution is 2.32. The van der Waals surface area contributed by atoms with Crippen LogP contribution in [0.5, 0.6) is 0 Å². The van der Waals surface area contributed by atoms with Crippen molar-refractivity contribution in [3.05, 3.63) is 11.9 Å². The smallest absolute Gasteiger partial charge is 0.271 e. The van der Waals surface area contributed by atoms with Crippen molar-refractivity contribution < 1.29 is 13.2 Å². The summed E-state index contributed by atoms with van der Waals surface area (Å²) in [6.45, 7) is 0. The highest BCUT2D eigenvalue weighted by molar-refractivity contribution is 7.91. The van der Waals surface area contributed by atoms with Crippen LogP contribution >= 0.6 is 0 Å². The number of aromatic nitrogens is 2. The van der Waals surface area contributed by atoms with E-state index in [2.05, 4.69) is 5.10 Å². The normalized spacial score (nSPS) is 24.3. The molecule has 106 valence electrons. The minimum atomic E-state index is -3.05. The van der Waals surface area contributed by atoms with Gasteiger partial charge in [-0.05, 0) is 19.3 Å². The molecule has 2 unspecified atom stereocenters. The van der Waals surface area contributed by atoms with Crippen molar-refractivity contribution in [2.75, 3.05) is 12.0 Å². The van der Waals surface area contributed by atoms with Crippen LogP contribution < -0.4 is 11.5 Å². The third kappa shape index (κ3) is 2.89. The topological polar surface area (TPSA) is 121 Å². The predicted octanol–water partition coefficient (Wildman–Crippen LogP) is 0.0925. The highest BCUT2D eigenvalue weighted by Gasteiger charge is 2.30. The minimum absolute atomic E-state index is 0.0430. The largest absolute Gasteiger partial charge is 0.396 e. The molecule has 1 fully saturated rings. The van der Waals surface area contributed by atoms with Crippen molar-refractivity contribution in [2.45, 2.75) is 37.0 Å². The Hall–Kier alpha value is -1.57. The Labute approximate surface area is 111 Å². The summed E-state index contributed by atoms with van der Waals surface area (Å²) in [5.41, 5.74) is 11.1. The van der Waals surface area contributed by atoms with Gasteiger partial charge in [0.05, 0.1) is 17.0 Å². The second-order valence-corrected chi connectivity index (χ2v) is 7.37. The molecule has 0 aliphatic heterocycles. The van der Waals surface area contributed by atoms with Crippen LogP contribution in [-0.4, -0.2) is 35.6 Å². The van der Waals surface area contributed by atoms with Crippen LogP contribution in [0, 0.1) is 0 Å². The molecule has 19 heavy (non-hydrogen) atoms. The third-order valence-corrected chi connectivity index (χ3v) is 5.21. The number of hydrogen-bond donors (Lipinski definition) is 2. The molecule has 2 atom stereocenters. The van der Waals surface area contributed by atoms with E-state index in [0.29, 0.717) is 12.8 Å². The molecule has 1 aliphatic rings. The lowest BCUT2D eigenvalue weighted by Crippen LogP contribution is -2.29. The van der Waals surface area contributed by atoms with Gasteiger partial charge in [0.25, 0.3) is 5.91 Å². The Morgan fingerprint density at radius 3 is 2.68 bits per heavy atom. The number of carbonyl (C=O) groups excluding carboxylic acids is 1. The third-order valence-electron chi connectivity index (χ3n) is 3.57. The van der Waals surface area contributed by atoms with Gasteiger partial charge in [0.1, 0.15) is 9.84 Å². The first kappa shape index (κ1) is 13.9. The molecule has 0 saturated heterocycles. The maximum absolute atomic E-state index is 11.6. The first-order chi connectivity index (χ1) is 8.79. The number of hydrogen-bond acceptors (Lipinski definition) is 5. The number of nitrogen functional groups attached to an aromatic ring is 1. The zero-order valence-corrected chi connectivity index (χ0v) is 11.6. The summed E-state index contributed by atoms with van der Waals surface area (Å²) < 4.78 is 24.8. The Morgan fingerprint density at radius 1 is 1.47 bits per heavy atom. The molecule has 0 bridgehead atoms. The molecule has 1 aliphatic carbocycles. The van der Waals surface area contributed by atoms with Gasteiger partial charge in [-0.1, -0.05) is 6.42 Å². The molecule has 0 spiro atoms. The van der Waals surface area contributed by atoms with E-state index in [1.165, 1.54) is 6.26 Å². The lowest BCUT2D eigenvalue weighted by Gasteiger charge is -2.28. The number of carbonyl (C=O) groups is 1. The quantitative estimate of drug-likeness (QED) is 0.815. The zero-order chi connectivity index (χ0) is 14.2. The molecule has 4 N–H and O–H groups in total. The SMILES string of the molecule is CS(=O)(=O)C1CCCC(n2cc(N)c(C(N)=O)n2)C1. The fourth-order valence-electron chi connectivity index (χ4n) is 2.53. The molecule has 1 heterocycles. The molecular weight excluding hydrogens is 268 g/mol. The molecule has 2 rings (SSSR count). The van der Waals surface area contributed by atoms with Crippen LogP contribution in [0.25, 0.3) is 0 Å². The summed E-state index contributed by atoms with van der Waals surface area (Å²) in [6, 6.07) is -0.0520. The number of nitrogens with zero attached hydrogens (tertiary/aromatic N) is 2. The maximum Gasteiger partial charge on any atom is 0.271 e. The number of rotatable bonds is 3. The average molecular weight is 286 g/mol. The maximum atomic E-state index is 11.6. The van der Waals surface area contributed by atoms with Crippen molar-refractivity contribution in [2.24, 2.45) is 5.73 Å². The van der Waals surface area contributed by atoms with Crippen molar-refractivity contribution >= 4 is 21.4 Å². The van der Waals surface area contributed by atoms with Crippen LogP contribution in [0.2, 0.25) is 0 Å². The van der Waals surface area contributed by atoms with Crippen LogP contribution in [0.3, 0.4) is 0 Å². The molecule has 7 nitrogen and oxygen atoms in total. The van der Waals surface area contributed by atoms with E-state index in [4.69, 9.17) is 11.5 Å². The fraction of sp³-hybridized carbons (Fsp3) is 0.636. The monoisotopic (exact) mass is 286 g/mol. The summed E-state index contributed by atoms with van der Waals surface area (Å²) in [6.07, 6.45) is 5.62. The minimum Gasteiger partial charge on any atom is -0.396 e. The van der Waals surface area contributed by atoms with E-state index in [-0.39, 0.29) is 22.7 Å². The van der Waals surface area contributed by atoms with E-state index in [1.54, 1.807) is 10.9 Å². The Balaban J connectivity index is 2.22. The van der Waals surface area contributed by atoms with Crippen molar-refractivity contribution in [1.82, 2.24) is 9.78 Å². The zero-order valence-electron chi connectivity index (χ0n) is 10.7. The Kier molecular flexibility index (Phi) is 3.53. The van der Waals surface area contributed by atoms with E-state index in [9.17, 15) is 13.2 Å². The summed E-state index contributed by atoms with van der Waals surface area (Å²) in [7, 11) is -3.05. The van der Waals surface area contributed by atoms with Crippen molar-refractivity contribution in [3.63, 3.8) is 0 Å². The molecule has 1 aromatic rings. The molecule has 0 radical (unpaired) electrons. The van der Waals surface area contributed by atoms with Gasteiger partial charge in [0.15, 0.2) is 5.69 Å². The van der Waals surface area contributed by atoms with Crippen molar-refractivity contribution in [1.29, 1.82) is 0 Å². The summed E-state index contributed by atoms with van der Waals surface area (Å²) >= 11 is 0. The Bertz CT molecular complexity index is 593. The van der Waals surface area contributed by atoms with Gasteiger partial charge in [0, 0.05) is 12.5 Å². The van der Waals surface area contributed by atoms with E-state index in [0.717, 1.165) is 12.8 Å². The van der Waals surface area contributed by atoms with Crippen molar-refractivity contribution in [3.8, 4) is 0 Å². The predicted molar refractivity (Wildman–Crippen MR) is 71.3 cm³/mol. The van der Waals surface area contributed by atoms with Crippen LogP contribution in [0.4, 0.5) is 5.69 Å². The van der Waals surface area contributed by atoms with Gasteiger partial charge in [-0.25, -0.2) is 8.42 Å². The number of primary amides is 1. The molecule has 1 aromatic heterocycles. The molecule has 1 amide bonds. The highest BCUT2D eigenvalue weighted by atomic mass is 32.2. The fourth-order valence-corrected chi connectivity index (χ4v) is 3.70. The van der Waals surface area contributed by atoms with Gasteiger partial charge >= 0.3 is 0 Å². The molecule has 1 saturated carbocycles. The van der Waals surface area contributed by atoms with Crippen LogP contribution in [0.1, 0.15) is 42.2 Å².